The summed E-state index contributed by atoms with van der Waals surface area (Å²) in [4.78, 5) is 27.2. The lowest BCUT2D eigenvalue weighted by Gasteiger charge is -2.33. The molecule has 1 aromatic carbocycles. The van der Waals surface area contributed by atoms with Gasteiger partial charge >= 0.3 is 6.09 Å². The number of rotatable bonds is 8. The summed E-state index contributed by atoms with van der Waals surface area (Å²) in [5, 5.41) is 13.0. The minimum atomic E-state index is -0.650. The summed E-state index contributed by atoms with van der Waals surface area (Å²) < 4.78 is 5.29. The molecule has 0 saturated carbocycles. The van der Waals surface area contributed by atoms with Crippen molar-refractivity contribution in [3.63, 3.8) is 0 Å². The summed E-state index contributed by atoms with van der Waals surface area (Å²) in [5.74, 6) is -0.155. The first-order valence-corrected chi connectivity index (χ1v) is 9.93. The van der Waals surface area contributed by atoms with Gasteiger partial charge in [-0.15, -0.1) is 0 Å². The summed E-state index contributed by atoms with van der Waals surface area (Å²) in [5.41, 5.74) is 0.893. The highest BCUT2D eigenvalue weighted by atomic mass is 16.5. The lowest BCUT2D eigenvalue weighted by Crippen LogP contribution is -2.54. The molecule has 6 nitrogen and oxygen atoms in total. The van der Waals surface area contributed by atoms with Crippen LogP contribution in [0, 0.1) is 5.92 Å². The van der Waals surface area contributed by atoms with Gasteiger partial charge in [0.2, 0.25) is 5.91 Å². The number of likely N-dealkylation sites (tertiary alicyclic amines) is 1. The second-order valence-corrected chi connectivity index (χ2v) is 7.29. The Morgan fingerprint density at radius 3 is 2.59 bits per heavy atom. The van der Waals surface area contributed by atoms with Crippen LogP contribution >= 0.6 is 0 Å². The van der Waals surface area contributed by atoms with E-state index in [1.807, 2.05) is 51.1 Å². The van der Waals surface area contributed by atoms with Crippen LogP contribution in [0.2, 0.25) is 0 Å². The second kappa shape index (κ2) is 10.3. The molecule has 1 fully saturated rings. The number of alkyl carbamates (subject to hydrolysis) is 1. The molecule has 150 valence electrons. The number of amides is 2. The van der Waals surface area contributed by atoms with Crippen LogP contribution in [0.15, 0.2) is 30.3 Å². The van der Waals surface area contributed by atoms with Gasteiger partial charge in [0.05, 0.1) is 12.1 Å². The number of benzene rings is 1. The third kappa shape index (κ3) is 5.70. The Balaban J connectivity index is 2.01. The van der Waals surface area contributed by atoms with Gasteiger partial charge in [0, 0.05) is 6.54 Å². The molecule has 1 aliphatic rings. The molecule has 6 heteroatoms. The molecule has 0 spiro atoms. The van der Waals surface area contributed by atoms with E-state index in [1.54, 1.807) is 4.90 Å². The van der Waals surface area contributed by atoms with E-state index in [0.717, 1.165) is 24.8 Å². The van der Waals surface area contributed by atoms with E-state index in [2.05, 4.69) is 5.32 Å². The lowest BCUT2D eigenvalue weighted by atomic mass is 9.97. The van der Waals surface area contributed by atoms with E-state index < -0.39 is 18.2 Å². The van der Waals surface area contributed by atoms with E-state index in [1.165, 1.54) is 0 Å². The highest BCUT2D eigenvalue weighted by Crippen LogP contribution is 2.24. The van der Waals surface area contributed by atoms with Crippen LogP contribution in [0.3, 0.4) is 0 Å². The topological polar surface area (TPSA) is 78.9 Å². The molecular weight excluding hydrogens is 344 g/mol. The Labute approximate surface area is 161 Å². The van der Waals surface area contributed by atoms with Gasteiger partial charge in [0.1, 0.15) is 12.6 Å². The van der Waals surface area contributed by atoms with Crippen molar-refractivity contribution >= 4 is 12.0 Å². The summed E-state index contributed by atoms with van der Waals surface area (Å²) >= 11 is 0. The van der Waals surface area contributed by atoms with Crippen molar-refractivity contribution in [1.82, 2.24) is 10.2 Å². The first kappa shape index (κ1) is 21.2. The SMILES string of the molecule is CCC(O)C1CCCN1C(=O)[C@@H](NC(=O)OCc1ccccc1)C(C)CC. The monoisotopic (exact) mass is 376 g/mol. The number of carbonyl (C=O) groups is 2. The van der Waals surface area contributed by atoms with Crippen LogP contribution in [0.1, 0.15) is 52.0 Å². The zero-order chi connectivity index (χ0) is 19.8. The largest absolute Gasteiger partial charge is 0.445 e. The van der Waals surface area contributed by atoms with Crippen molar-refractivity contribution in [3.05, 3.63) is 35.9 Å². The summed E-state index contributed by atoms with van der Waals surface area (Å²) in [6.45, 7) is 6.63. The molecule has 3 unspecified atom stereocenters. The maximum absolute atomic E-state index is 13.1. The van der Waals surface area contributed by atoms with Gasteiger partial charge in [-0.3, -0.25) is 4.79 Å². The number of aliphatic hydroxyl groups excluding tert-OH is 1. The Kier molecular flexibility index (Phi) is 8.10. The molecule has 1 aliphatic heterocycles. The number of hydrogen-bond acceptors (Lipinski definition) is 4. The van der Waals surface area contributed by atoms with Crippen molar-refractivity contribution < 1.29 is 19.4 Å². The molecule has 0 aromatic heterocycles. The van der Waals surface area contributed by atoms with Crippen molar-refractivity contribution in [2.75, 3.05) is 6.54 Å². The van der Waals surface area contributed by atoms with E-state index in [9.17, 15) is 14.7 Å². The predicted molar refractivity (Wildman–Crippen MR) is 104 cm³/mol. The normalized spacial score (nSPS) is 20.0. The van der Waals surface area contributed by atoms with Crippen molar-refractivity contribution in [3.8, 4) is 0 Å². The Morgan fingerprint density at radius 1 is 1.26 bits per heavy atom. The zero-order valence-electron chi connectivity index (χ0n) is 16.6. The smallest absolute Gasteiger partial charge is 0.408 e. The first-order valence-electron chi connectivity index (χ1n) is 9.93. The molecule has 1 saturated heterocycles. The number of aliphatic hydroxyl groups is 1. The van der Waals surface area contributed by atoms with E-state index in [-0.39, 0.29) is 24.5 Å². The Morgan fingerprint density at radius 2 is 1.96 bits per heavy atom. The number of nitrogens with zero attached hydrogens (tertiary/aromatic N) is 1. The van der Waals surface area contributed by atoms with Crippen molar-refractivity contribution in [2.45, 2.75) is 71.2 Å². The van der Waals surface area contributed by atoms with Gasteiger partial charge in [-0.05, 0) is 30.7 Å². The van der Waals surface area contributed by atoms with Gasteiger partial charge in [0.25, 0.3) is 0 Å². The Bertz CT molecular complexity index is 607. The van der Waals surface area contributed by atoms with E-state index in [4.69, 9.17) is 4.74 Å². The van der Waals surface area contributed by atoms with Gasteiger partial charge < -0.3 is 20.1 Å². The third-order valence-corrected chi connectivity index (χ3v) is 5.41. The van der Waals surface area contributed by atoms with Crippen LogP contribution in [-0.2, 0) is 16.1 Å². The van der Waals surface area contributed by atoms with Crippen LogP contribution in [0.25, 0.3) is 0 Å². The summed E-state index contributed by atoms with van der Waals surface area (Å²) in [6.07, 6.45) is 1.91. The predicted octanol–water partition coefficient (Wildman–Crippen LogP) is 3.09. The van der Waals surface area contributed by atoms with Crippen molar-refractivity contribution in [1.29, 1.82) is 0 Å². The lowest BCUT2D eigenvalue weighted by molar-refractivity contribution is -0.137. The molecule has 0 radical (unpaired) electrons. The maximum atomic E-state index is 13.1. The zero-order valence-corrected chi connectivity index (χ0v) is 16.6. The molecular formula is C21H32N2O4. The number of ether oxygens (including phenoxy) is 1. The fourth-order valence-electron chi connectivity index (χ4n) is 3.49. The molecule has 2 N–H and O–H groups in total. The first-order chi connectivity index (χ1) is 13.0. The fourth-order valence-corrected chi connectivity index (χ4v) is 3.49. The summed E-state index contributed by atoms with van der Waals surface area (Å²) in [6, 6.07) is 8.61. The van der Waals surface area contributed by atoms with Gasteiger partial charge in [-0.25, -0.2) is 4.79 Å². The van der Waals surface area contributed by atoms with Gasteiger partial charge in [-0.1, -0.05) is 57.5 Å². The van der Waals surface area contributed by atoms with E-state index in [0.29, 0.717) is 13.0 Å². The van der Waals surface area contributed by atoms with Gasteiger partial charge in [0.15, 0.2) is 0 Å². The highest BCUT2D eigenvalue weighted by molar-refractivity contribution is 5.86. The average molecular weight is 376 g/mol. The van der Waals surface area contributed by atoms with Crippen LogP contribution in [0.4, 0.5) is 4.79 Å². The minimum Gasteiger partial charge on any atom is -0.445 e. The molecule has 1 aromatic rings. The van der Waals surface area contributed by atoms with Crippen LogP contribution in [-0.4, -0.2) is 46.7 Å². The average Bonchev–Trinajstić information content (AvgIpc) is 3.19. The number of nitrogens with one attached hydrogen (secondary N) is 1. The third-order valence-electron chi connectivity index (χ3n) is 5.41. The van der Waals surface area contributed by atoms with Crippen LogP contribution < -0.4 is 5.32 Å². The standard InChI is InChI=1S/C21H32N2O4/c1-4-15(3)19(20(25)23-13-9-12-17(23)18(24)5-2)22-21(26)27-14-16-10-7-6-8-11-16/h6-8,10-11,15,17-19,24H,4-5,9,12-14H2,1-3H3,(H,22,26)/t15?,17?,18?,19-/m0/s1. The summed E-state index contributed by atoms with van der Waals surface area (Å²) in [7, 11) is 0. The fraction of sp³-hybridized carbons (Fsp3) is 0.619. The van der Waals surface area contributed by atoms with Crippen LogP contribution in [0.5, 0.6) is 0 Å². The van der Waals surface area contributed by atoms with Crippen molar-refractivity contribution in [2.24, 2.45) is 5.92 Å². The maximum Gasteiger partial charge on any atom is 0.408 e. The quantitative estimate of drug-likeness (QED) is 0.731. The second-order valence-electron chi connectivity index (χ2n) is 7.29. The molecule has 2 rings (SSSR count). The number of carbonyl (C=O) groups excluding carboxylic acids is 2. The molecule has 0 bridgehead atoms. The van der Waals surface area contributed by atoms with Gasteiger partial charge in [-0.2, -0.15) is 0 Å². The highest BCUT2D eigenvalue weighted by Gasteiger charge is 2.38. The number of hydrogen-bond donors (Lipinski definition) is 2. The Hall–Kier alpha value is -2.08. The van der Waals surface area contributed by atoms with E-state index >= 15 is 0 Å². The molecule has 0 aliphatic carbocycles. The molecule has 27 heavy (non-hydrogen) atoms. The minimum absolute atomic E-state index is 0.0261. The molecule has 2 amide bonds. The molecule has 4 atom stereocenters. The molecule has 1 heterocycles.